The van der Waals surface area contributed by atoms with Crippen LogP contribution in [-0.2, 0) is 32.0 Å². The maximum Gasteiger partial charge on any atom is 2.00 e. The Morgan fingerprint density at radius 1 is 1.00 bits per heavy atom. The Kier molecular flexibility index (Phi) is 18.3. The van der Waals surface area contributed by atoms with Crippen LogP contribution in [0.4, 0.5) is 0 Å². The molecule has 0 bridgehead atoms. The Hall–Kier alpha value is -0.580. The second-order valence-electron chi connectivity index (χ2n) is 0.575. The van der Waals surface area contributed by atoms with E-state index in [9.17, 15) is 0 Å². The molecule has 0 rings (SSSR count). The normalized spacial score (nSPS) is 5.33. The zero-order valence-electron chi connectivity index (χ0n) is 4.35. The van der Waals surface area contributed by atoms with Gasteiger partial charge in [-0.3, -0.25) is 0 Å². The van der Waals surface area contributed by atoms with E-state index < -0.39 is 11.9 Å². The van der Waals surface area contributed by atoms with Gasteiger partial charge in [0.15, 0.2) is 0 Å². The van der Waals surface area contributed by atoms with Gasteiger partial charge in [-0.1, -0.05) is 0 Å². The summed E-state index contributed by atoms with van der Waals surface area (Å²) in [6.07, 6.45) is 0. The van der Waals surface area contributed by atoms with Gasteiger partial charge in [0.1, 0.15) is 0 Å². The summed E-state index contributed by atoms with van der Waals surface area (Å²) < 4.78 is 0. The summed E-state index contributed by atoms with van der Waals surface area (Å²) in [4.78, 5) is 17.9. The van der Waals surface area contributed by atoms with E-state index in [0.717, 1.165) is 0 Å². The molecule has 9 heavy (non-hydrogen) atoms. The van der Waals surface area contributed by atoms with Crippen molar-refractivity contribution in [2.45, 2.75) is 0 Å². The van der Waals surface area contributed by atoms with Crippen LogP contribution >= 0.6 is 0 Å². The van der Waals surface area contributed by atoms with Crippen molar-refractivity contribution >= 4 is 11.9 Å². The molecule has 0 aromatic rings. The molecule has 0 saturated carbocycles. The van der Waals surface area contributed by atoms with Gasteiger partial charge in [0.25, 0.3) is 0 Å². The molecular weight excluding hydrogens is 220 g/mol. The number of hydrogen-bond donors (Lipinski definition) is 0. The molecule has 0 spiro atoms. The Balaban J connectivity index is -0.000000109. The third-order valence-electron chi connectivity index (χ3n) is 0.167. The van der Waals surface area contributed by atoms with Crippen molar-refractivity contribution in [3.8, 4) is 0 Å². The molecule has 0 amide bonds. The predicted octanol–water partition coefficient (Wildman–Crippen LogP) is -2.71. The van der Waals surface area contributed by atoms with E-state index in [1.54, 1.807) is 0 Å². The average Bonchev–Trinajstić information content (AvgIpc) is 1.72. The summed E-state index contributed by atoms with van der Waals surface area (Å²) >= 11 is 0. The van der Waals surface area contributed by atoms with E-state index in [0.29, 0.717) is 0 Å². The zero-order valence-corrected chi connectivity index (χ0v) is 5.83. The first-order valence-corrected chi connectivity index (χ1v) is 1.57. The van der Waals surface area contributed by atoms with Crippen LogP contribution in [0.15, 0.2) is 13.2 Å². The first-order chi connectivity index (χ1) is 3.64. The Labute approximate surface area is 67.7 Å². The van der Waals surface area contributed by atoms with Crippen LogP contribution in [0.1, 0.15) is 0 Å². The molecule has 0 N–H and O–H groups in total. The van der Waals surface area contributed by atoms with E-state index in [1.807, 2.05) is 0 Å². The Morgan fingerprint density at radius 2 is 1.11 bits per heavy atom. The van der Waals surface area contributed by atoms with Crippen LogP contribution < -0.4 is 10.2 Å². The van der Waals surface area contributed by atoms with Crippen molar-refractivity contribution in [2.24, 2.45) is 0 Å². The molecule has 5 heteroatoms. The fraction of sp³-hybridized carbons (Fsp3) is 0. The molecule has 0 aliphatic heterocycles. The monoisotopic (exact) mass is 223 g/mol. The summed E-state index contributed by atoms with van der Waals surface area (Å²) in [7, 11) is 0. The van der Waals surface area contributed by atoms with Crippen LogP contribution in [0.2, 0.25) is 0 Å². The van der Waals surface area contributed by atoms with Gasteiger partial charge in [-0.05, 0) is 0 Å². The quantitative estimate of drug-likeness (QED) is 0.254. The fourth-order valence-corrected chi connectivity index (χ4v) is 0. The van der Waals surface area contributed by atoms with Crippen LogP contribution in [0, 0.1) is 0 Å². The first-order valence-electron chi connectivity index (χ1n) is 1.57. The van der Waals surface area contributed by atoms with Gasteiger partial charge in [0.2, 0.25) is 0 Å². The number of aliphatic carboxylic acids is 2. The minimum Gasteiger partial charge on any atom is -0.543 e. The van der Waals surface area contributed by atoms with Gasteiger partial charge in [0.05, 0.1) is 11.9 Å². The number of carbonyl (C=O) groups excluding carboxylic acids is 2. The second kappa shape index (κ2) is 10.4. The van der Waals surface area contributed by atoms with Crippen molar-refractivity contribution in [2.75, 3.05) is 0 Å². The van der Waals surface area contributed by atoms with Crippen molar-refractivity contribution in [1.82, 2.24) is 0 Å². The second-order valence-corrected chi connectivity index (χ2v) is 0.575. The molecule has 0 aromatic carbocycles. The first kappa shape index (κ1) is 15.8. The minimum atomic E-state index is -2.19. The van der Waals surface area contributed by atoms with Gasteiger partial charge in [-0.2, -0.15) is 0 Å². The Bertz CT molecular complexity index is 88.7. The molecule has 0 saturated heterocycles. The maximum absolute atomic E-state index is 8.93. The third kappa shape index (κ3) is 18.6. The van der Waals surface area contributed by atoms with E-state index >= 15 is 0 Å². The third-order valence-corrected chi connectivity index (χ3v) is 0.167. The fourth-order valence-electron chi connectivity index (χ4n) is 0. The van der Waals surface area contributed by atoms with Gasteiger partial charge < -0.3 is 19.8 Å². The van der Waals surface area contributed by atoms with E-state index in [4.69, 9.17) is 19.8 Å². The summed E-state index contributed by atoms with van der Waals surface area (Å²) in [5, 5.41) is 17.9. The Morgan fingerprint density at radius 3 is 1.11 bits per heavy atom. The van der Waals surface area contributed by atoms with Crippen LogP contribution in [0.25, 0.3) is 0 Å². The van der Waals surface area contributed by atoms with E-state index in [2.05, 4.69) is 13.2 Å². The van der Waals surface area contributed by atoms with Crippen molar-refractivity contribution in [3.63, 3.8) is 0 Å². The molecule has 0 fully saturated rings. The number of carboxylic acid groups (broad SMARTS) is 2. The SMILES string of the molecule is C=C.O=C([O-])C(=O)[O-].[Ag+2]. The molecule has 0 aliphatic carbocycles. The van der Waals surface area contributed by atoms with Gasteiger partial charge in [0, 0.05) is 0 Å². The summed E-state index contributed by atoms with van der Waals surface area (Å²) in [5.41, 5.74) is 0. The molecule has 0 unspecified atom stereocenters. The largest absolute Gasteiger partial charge is 2.00 e. The number of carboxylic acids is 2. The van der Waals surface area contributed by atoms with Crippen LogP contribution in [-0.4, -0.2) is 11.9 Å². The standard InChI is InChI=1S/C2H2O4.C2H4.Ag/c3-1(4)2(5)6;1-2;/h(H,3,4)(H,5,6);1-2H2;/q;;+2/p-2. The molecule has 1 radical (unpaired) electrons. The van der Waals surface area contributed by atoms with Crippen molar-refractivity contribution < 1.29 is 42.2 Å². The molecule has 0 aliphatic rings. The number of rotatable bonds is 0. The number of hydrogen-bond acceptors (Lipinski definition) is 4. The predicted molar refractivity (Wildman–Crippen MR) is 21.3 cm³/mol. The van der Waals surface area contributed by atoms with Crippen LogP contribution in [0.5, 0.6) is 0 Å². The van der Waals surface area contributed by atoms with Gasteiger partial charge >= 0.3 is 22.4 Å². The topological polar surface area (TPSA) is 80.3 Å². The van der Waals surface area contributed by atoms with Gasteiger partial charge in [-0.25, -0.2) is 0 Å². The zero-order chi connectivity index (χ0) is 7.15. The smallest absolute Gasteiger partial charge is 0.543 e. The number of carbonyl (C=O) groups is 2. The molecular formula is C4H4AgO4. The molecule has 4 nitrogen and oxygen atoms in total. The van der Waals surface area contributed by atoms with E-state index in [-0.39, 0.29) is 22.4 Å². The molecule has 0 aromatic heterocycles. The van der Waals surface area contributed by atoms with Crippen molar-refractivity contribution in [1.29, 1.82) is 0 Å². The summed E-state index contributed by atoms with van der Waals surface area (Å²) in [6, 6.07) is 0. The molecule has 0 atom stereocenters. The van der Waals surface area contributed by atoms with E-state index in [1.165, 1.54) is 0 Å². The molecule has 0 heterocycles. The van der Waals surface area contributed by atoms with Crippen molar-refractivity contribution in [3.05, 3.63) is 13.2 Å². The molecule has 55 valence electrons. The maximum atomic E-state index is 8.93. The van der Waals surface area contributed by atoms with Crippen LogP contribution in [0.3, 0.4) is 0 Å². The van der Waals surface area contributed by atoms with Gasteiger partial charge in [-0.15, -0.1) is 13.2 Å². The summed E-state index contributed by atoms with van der Waals surface area (Å²) in [5.74, 6) is -4.37. The average molecular weight is 224 g/mol. The summed E-state index contributed by atoms with van der Waals surface area (Å²) in [6.45, 7) is 6.00. The minimum absolute atomic E-state index is 0.